The van der Waals surface area contributed by atoms with Crippen molar-refractivity contribution in [1.82, 2.24) is 10.6 Å². The summed E-state index contributed by atoms with van der Waals surface area (Å²) in [6.07, 6.45) is 1.17. The molecule has 0 fully saturated rings. The third-order valence-corrected chi connectivity index (χ3v) is 3.35. The number of rotatable bonds is 8. The average molecular weight is 300 g/mol. The quantitative estimate of drug-likeness (QED) is 0.736. The number of carbonyl (C=O) groups is 1. The van der Waals surface area contributed by atoms with Crippen LogP contribution in [0.5, 0.6) is 0 Å². The second-order valence-electron chi connectivity index (χ2n) is 5.14. The zero-order valence-corrected chi connectivity index (χ0v) is 12.5. The van der Waals surface area contributed by atoms with Gasteiger partial charge in [-0.3, -0.25) is 4.79 Å². The molecule has 0 aliphatic rings. The van der Waals surface area contributed by atoms with Crippen LogP contribution in [0.15, 0.2) is 54.6 Å². The first kappa shape index (κ1) is 16.2. The number of amides is 1. The summed E-state index contributed by atoms with van der Waals surface area (Å²) < 4.78 is 12.8. The van der Waals surface area contributed by atoms with E-state index >= 15 is 0 Å². The molecular weight excluding hydrogens is 279 g/mol. The maximum Gasteiger partial charge on any atom is 0.221 e. The van der Waals surface area contributed by atoms with E-state index in [2.05, 4.69) is 22.8 Å². The minimum Gasteiger partial charge on any atom is -0.356 e. The van der Waals surface area contributed by atoms with Crippen molar-refractivity contribution in [3.8, 4) is 0 Å². The Labute approximate surface area is 130 Å². The largest absolute Gasteiger partial charge is 0.356 e. The van der Waals surface area contributed by atoms with Crippen molar-refractivity contribution in [3.63, 3.8) is 0 Å². The molecule has 3 nitrogen and oxygen atoms in total. The maximum atomic E-state index is 12.8. The van der Waals surface area contributed by atoms with Gasteiger partial charge >= 0.3 is 0 Å². The van der Waals surface area contributed by atoms with Crippen molar-refractivity contribution < 1.29 is 9.18 Å². The van der Waals surface area contributed by atoms with Crippen molar-refractivity contribution >= 4 is 5.91 Å². The predicted molar refractivity (Wildman–Crippen MR) is 85.9 cm³/mol. The van der Waals surface area contributed by atoms with Gasteiger partial charge < -0.3 is 10.6 Å². The van der Waals surface area contributed by atoms with Crippen LogP contribution in [0.1, 0.15) is 17.5 Å². The lowest BCUT2D eigenvalue weighted by atomic mass is 10.1. The lowest BCUT2D eigenvalue weighted by Gasteiger charge is -2.07. The Morgan fingerprint density at radius 1 is 0.909 bits per heavy atom. The highest BCUT2D eigenvalue weighted by atomic mass is 19.1. The molecule has 0 aliphatic heterocycles. The lowest BCUT2D eigenvalue weighted by Crippen LogP contribution is -2.29. The Bertz CT molecular complexity index is 569. The number of hydrogen-bond donors (Lipinski definition) is 2. The van der Waals surface area contributed by atoms with Crippen molar-refractivity contribution in [2.24, 2.45) is 0 Å². The highest BCUT2D eigenvalue weighted by molar-refractivity contribution is 5.76. The number of halogens is 1. The van der Waals surface area contributed by atoms with Crippen molar-refractivity contribution in [2.75, 3.05) is 13.1 Å². The van der Waals surface area contributed by atoms with E-state index in [9.17, 15) is 9.18 Å². The topological polar surface area (TPSA) is 41.1 Å². The first-order valence-electron chi connectivity index (χ1n) is 7.50. The molecule has 0 saturated heterocycles. The molecule has 2 N–H and O–H groups in total. The van der Waals surface area contributed by atoms with Gasteiger partial charge in [0.2, 0.25) is 5.91 Å². The van der Waals surface area contributed by atoms with Crippen molar-refractivity contribution in [2.45, 2.75) is 19.4 Å². The lowest BCUT2D eigenvalue weighted by molar-refractivity contribution is -0.120. The zero-order valence-electron chi connectivity index (χ0n) is 12.5. The Kier molecular flexibility index (Phi) is 6.58. The Morgan fingerprint density at radius 3 is 2.36 bits per heavy atom. The molecule has 0 aromatic heterocycles. The van der Waals surface area contributed by atoms with Gasteiger partial charge in [-0.25, -0.2) is 4.39 Å². The summed E-state index contributed by atoms with van der Waals surface area (Å²) in [4.78, 5) is 11.7. The third-order valence-electron chi connectivity index (χ3n) is 3.35. The van der Waals surface area contributed by atoms with E-state index in [4.69, 9.17) is 0 Å². The van der Waals surface area contributed by atoms with Gasteiger partial charge in [-0.2, -0.15) is 0 Å². The van der Waals surface area contributed by atoms with Gasteiger partial charge in [-0.15, -0.1) is 0 Å². The average Bonchev–Trinajstić information content (AvgIpc) is 2.54. The van der Waals surface area contributed by atoms with Crippen molar-refractivity contribution in [3.05, 3.63) is 71.5 Å². The molecule has 4 heteroatoms. The second-order valence-corrected chi connectivity index (χ2v) is 5.14. The van der Waals surface area contributed by atoms with Crippen LogP contribution in [0.25, 0.3) is 0 Å². The van der Waals surface area contributed by atoms with Gasteiger partial charge in [0.1, 0.15) is 5.82 Å². The molecule has 116 valence electrons. The molecule has 2 rings (SSSR count). The molecule has 0 spiro atoms. The first-order chi connectivity index (χ1) is 10.7. The van der Waals surface area contributed by atoms with Crippen LogP contribution in [-0.2, 0) is 17.8 Å². The highest BCUT2D eigenvalue weighted by Gasteiger charge is 2.01. The fourth-order valence-corrected chi connectivity index (χ4v) is 2.12. The van der Waals surface area contributed by atoms with Crippen LogP contribution >= 0.6 is 0 Å². The first-order valence-corrected chi connectivity index (χ1v) is 7.50. The van der Waals surface area contributed by atoms with E-state index in [0.29, 0.717) is 25.9 Å². The SMILES string of the molecule is O=C(CCNCc1ccccc1)NCCc1ccc(F)cc1. The van der Waals surface area contributed by atoms with E-state index in [0.717, 1.165) is 12.1 Å². The molecule has 0 aliphatic carbocycles. The number of nitrogens with one attached hydrogen (secondary N) is 2. The molecule has 22 heavy (non-hydrogen) atoms. The summed E-state index contributed by atoms with van der Waals surface area (Å²) in [5.41, 5.74) is 2.23. The summed E-state index contributed by atoms with van der Waals surface area (Å²) in [5.74, 6) is -0.208. The van der Waals surface area contributed by atoms with Crippen LogP contribution < -0.4 is 10.6 Å². The van der Waals surface area contributed by atoms with Crippen LogP contribution in [0.3, 0.4) is 0 Å². The van der Waals surface area contributed by atoms with Gasteiger partial charge in [0, 0.05) is 26.1 Å². The summed E-state index contributed by atoms with van der Waals surface area (Å²) in [6.45, 7) is 1.99. The van der Waals surface area contributed by atoms with Gasteiger partial charge in [0.05, 0.1) is 0 Å². The molecule has 0 unspecified atom stereocenters. The number of carbonyl (C=O) groups excluding carboxylic acids is 1. The Balaban J connectivity index is 1.55. The van der Waals surface area contributed by atoms with Gasteiger partial charge in [-0.05, 0) is 29.7 Å². The van der Waals surface area contributed by atoms with Crippen LogP contribution in [-0.4, -0.2) is 19.0 Å². The van der Waals surface area contributed by atoms with E-state index in [1.54, 1.807) is 12.1 Å². The smallest absolute Gasteiger partial charge is 0.221 e. The molecule has 0 atom stereocenters. The molecule has 0 saturated carbocycles. The molecule has 0 heterocycles. The summed E-state index contributed by atoms with van der Waals surface area (Å²) >= 11 is 0. The minimum atomic E-state index is -0.239. The normalized spacial score (nSPS) is 10.4. The van der Waals surface area contributed by atoms with Crippen LogP contribution in [0, 0.1) is 5.82 Å². The third kappa shape index (κ3) is 6.06. The van der Waals surface area contributed by atoms with E-state index in [1.165, 1.54) is 17.7 Å². The molecule has 0 bridgehead atoms. The number of benzene rings is 2. The fraction of sp³-hybridized carbons (Fsp3) is 0.278. The minimum absolute atomic E-state index is 0.0303. The number of hydrogen-bond acceptors (Lipinski definition) is 2. The van der Waals surface area contributed by atoms with Crippen LogP contribution in [0.2, 0.25) is 0 Å². The summed E-state index contributed by atoms with van der Waals surface area (Å²) in [7, 11) is 0. The monoisotopic (exact) mass is 300 g/mol. The molecule has 2 aromatic rings. The summed E-state index contributed by atoms with van der Waals surface area (Å²) in [5, 5.41) is 6.12. The van der Waals surface area contributed by atoms with E-state index < -0.39 is 0 Å². The van der Waals surface area contributed by atoms with Crippen molar-refractivity contribution in [1.29, 1.82) is 0 Å². The highest BCUT2D eigenvalue weighted by Crippen LogP contribution is 2.02. The molecule has 2 aromatic carbocycles. The Hall–Kier alpha value is -2.20. The van der Waals surface area contributed by atoms with Gasteiger partial charge in [-0.1, -0.05) is 42.5 Å². The summed E-state index contributed by atoms with van der Waals surface area (Å²) in [6, 6.07) is 16.4. The van der Waals surface area contributed by atoms with Gasteiger partial charge in [0.25, 0.3) is 0 Å². The van der Waals surface area contributed by atoms with E-state index in [1.807, 2.05) is 18.2 Å². The van der Waals surface area contributed by atoms with E-state index in [-0.39, 0.29) is 11.7 Å². The molecule has 1 amide bonds. The fourth-order valence-electron chi connectivity index (χ4n) is 2.12. The predicted octanol–water partition coefficient (Wildman–Crippen LogP) is 2.66. The second kappa shape index (κ2) is 8.95. The molecular formula is C18H21FN2O. The maximum absolute atomic E-state index is 12.8. The van der Waals surface area contributed by atoms with Crippen LogP contribution in [0.4, 0.5) is 4.39 Å². The zero-order chi connectivity index (χ0) is 15.6. The van der Waals surface area contributed by atoms with Gasteiger partial charge in [0.15, 0.2) is 0 Å². The standard InChI is InChI=1S/C18H21FN2O/c19-17-8-6-15(7-9-17)10-13-21-18(22)11-12-20-14-16-4-2-1-3-5-16/h1-9,20H,10-14H2,(H,21,22). The Morgan fingerprint density at radius 2 is 1.64 bits per heavy atom. The molecule has 0 radical (unpaired) electrons.